The molecule has 1 amide bonds. The van der Waals surface area contributed by atoms with Crippen molar-refractivity contribution in [3.63, 3.8) is 0 Å². The van der Waals surface area contributed by atoms with Crippen LogP contribution < -0.4 is 11.1 Å². The maximum atomic E-state index is 11.8. The Morgan fingerprint density at radius 2 is 2.00 bits per heavy atom. The molecule has 3 N–H and O–H groups in total. The number of anilines is 1. The first-order chi connectivity index (χ1) is 9.16. The molecule has 1 saturated carbocycles. The van der Waals surface area contributed by atoms with Crippen molar-refractivity contribution in [2.45, 2.75) is 44.2 Å². The van der Waals surface area contributed by atoms with Gasteiger partial charge in [0.1, 0.15) is 0 Å². The highest BCUT2D eigenvalue weighted by atomic mass is 35.5. The van der Waals surface area contributed by atoms with Gasteiger partial charge in [-0.05, 0) is 38.8 Å². The number of carbonyl (C=O) groups excluding carboxylic acids is 1. The summed E-state index contributed by atoms with van der Waals surface area (Å²) in [6.45, 7) is 3.20. The van der Waals surface area contributed by atoms with Crippen LogP contribution in [0.25, 0.3) is 0 Å². The molecule has 1 aromatic heterocycles. The summed E-state index contributed by atoms with van der Waals surface area (Å²) in [5.74, 6) is -0.0913. The summed E-state index contributed by atoms with van der Waals surface area (Å²) in [4.78, 5) is 18.7. The number of likely N-dealkylation sites (tertiary alicyclic amines) is 1. The lowest BCUT2D eigenvalue weighted by Gasteiger charge is -2.25. The molecule has 5 nitrogen and oxygen atoms in total. The van der Waals surface area contributed by atoms with E-state index in [9.17, 15) is 4.79 Å². The van der Waals surface area contributed by atoms with Gasteiger partial charge < -0.3 is 11.1 Å². The summed E-state index contributed by atoms with van der Waals surface area (Å²) in [5, 5.41) is 5.53. The van der Waals surface area contributed by atoms with Gasteiger partial charge in [0.05, 0.1) is 11.2 Å². The van der Waals surface area contributed by atoms with Crippen molar-refractivity contribution < 1.29 is 4.79 Å². The second kappa shape index (κ2) is 7.74. The molecule has 0 aromatic carbocycles. The summed E-state index contributed by atoms with van der Waals surface area (Å²) in [7, 11) is 0. The topological polar surface area (TPSA) is 71.2 Å². The lowest BCUT2D eigenvalue weighted by molar-refractivity contribution is -0.118. The highest BCUT2D eigenvalue weighted by Gasteiger charge is 2.46. The quantitative estimate of drug-likeness (QED) is 0.872. The van der Waals surface area contributed by atoms with E-state index >= 15 is 0 Å². The molecule has 8 heteroatoms. The van der Waals surface area contributed by atoms with Crippen molar-refractivity contribution in [2.24, 2.45) is 5.73 Å². The fraction of sp³-hybridized carbons (Fsp3) is 0.692. The third kappa shape index (κ3) is 4.79. The summed E-state index contributed by atoms with van der Waals surface area (Å²) < 4.78 is 0. The third-order valence-corrected chi connectivity index (χ3v) is 4.65. The molecule has 3 rings (SSSR count). The van der Waals surface area contributed by atoms with Gasteiger partial charge in [-0.3, -0.25) is 9.69 Å². The Morgan fingerprint density at radius 3 is 2.62 bits per heavy atom. The first kappa shape index (κ1) is 18.6. The number of hydrogen-bond acceptors (Lipinski definition) is 5. The van der Waals surface area contributed by atoms with Gasteiger partial charge in [-0.25, -0.2) is 4.98 Å². The smallest absolute Gasteiger partial charge is 0.246 e. The highest BCUT2D eigenvalue weighted by molar-refractivity contribution is 7.13. The number of nitrogens with zero attached hydrogens (tertiary/aromatic N) is 2. The fourth-order valence-corrected chi connectivity index (χ4v) is 3.06. The largest absolute Gasteiger partial charge is 0.317 e. The summed E-state index contributed by atoms with van der Waals surface area (Å²) in [5.41, 5.74) is 6.27. The van der Waals surface area contributed by atoms with Gasteiger partial charge in [0.25, 0.3) is 0 Å². The highest BCUT2D eigenvalue weighted by Crippen LogP contribution is 2.33. The van der Waals surface area contributed by atoms with Crippen molar-refractivity contribution in [1.82, 2.24) is 9.88 Å². The Kier molecular flexibility index (Phi) is 6.87. The maximum Gasteiger partial charge on any atom is 0.246 e. The molecule has 0 atom stereocenters. The standard InChI is InChI=1S/C13H20N4OS.2ClH/c14-13(4-5-13)11(18)16-12-15-10(9-19-12)8-17-6-2-1-3-7-17;;/h9H,1-8,14H2,(H,15,16,18);2*1H. The maximum absolute atomic E-state index is 11.8. The van der Waals surface area contributed by atoms with Crippen molar-refractivity contribution in [3.05, 3.63) is 11.1 Å². The molecule has 0 radical (unpaired) electrons. The van der Waals surface area contributed by atoms with Gasteiger partial charge in [-0.15, -0.1) is 36.2 Å². The monoisotopic (exact) mass is 352 g/mol. The van der Waals surface area contributed by atoms with Gasteiger partial charge in [-0.2, -0.15) is 0 Å². The molecular weight excluding hydrogens is 331 g/mol. The number of halogens is 2. The summed E-state index contributed by atoms with van der Waals surface area (Å²) in [6.07, 6.45) is 5.47. The molecule has 1 aromatic rings. The second-order valence-electron chi connectivity index (χ2n) is 5.59. The molecule has 1 aliphatic heterocycles. The lowest BCUT2D eigenvalue weighted by Crippen LogP contribution is -2.37. The molecule has 2 fully saturated rings. The van der Waals surface area contributed by atoms with Gasteiger partial charge in [-0.1, -0.05) is 6.42 Å². The van der Waals surface area contributed by atoms with Crippen molar-refractivity contribution in [1.29, 1.82) is 0 Å². The zero-order valence-electron chi connectivity index (χ0n) is 11.8. The van der Waals surface area contributed by atoms with Crippen LogP contribution in [0, 0.1) is 0 Å². The van der Waals surface area contributed by atoms with Crippen LogP contribution in [0.2, 0.25) is 0 Å². The van der Waals surface area contributed by atoms with Gasteiger partial charge >= 0.3 is 0 Å². The average molecular weight is 353 g/mol. The normalized spacial score (nSPS) is 20.0. The van der Waals surface area contributed by atoms with Gasteiger partial charge in [0.2, 0.25) is 5.91 Å². The molecule has 0 unspecified atom stereocenters. The first-order valence-corrected chi connectivity index (χ1v) is 7.81. The van der Waals surface area contributed by atoms with Crippen LogP contribution in [0.15, 0.2) is 5.38 Å². The van der Waals surface area contributed by atoms with Crippen LogP contribution in [0.1, 0.15) is 37.8 Å². The van der Waals surface area contributed by atoms with E-state index in [0.29, 0.717) is 5.13 Å². The Hall–Kier alpha value is -0.400. The molecule has 2 aliphatic rings. The van der Waals surface area contributed by atoms with Crippen LogP contribution in [0.4, 0.5) is 5.13 Å². The molecule has 21 heavy (non-hydrogen) atoms. The molecule has 2 heterocycles. The van der Waals surface area contributed by atoms with E-state index in [1.807, 2.05) is 5.38 Å². The van der Waals surface area contributed by atoms with E-state index in [2.05, 4.69) is 15.2 Å². The summed E-state index contributed by atoms with van der Waals surface area (Å²) >= 11 is 1.49. The van der Waals surface area contributed by atoms with E-state index in [0.717, 1.165) is 38.2 Å². The number of rotatable bonds is 4. The van der Waals surface area contributed by atoms with E-state index in [1.165, 1.54) is 30.6 Å². The SMILES string of the molecule is Cl.Cl.NC1(C(=O)Nc2nc(CN3CCCCC3)cs2)CC1. The van der Waals surface area contributed by atoms with Gasteiger partial charge in [0.15, 0.2) is 5.13 Å². The minimum atomic E-state index is -0.626. The number of piperidine rings is 1. The first-order valence-electron chi connectivity index (χ1n) is 6.93. The van der Waals surface area contributed by atoms with Crippen LogP contribution in [0.3, 0.4) is 0 Å². The Morgan fingerprint density at radius 1 is 1.33 bits per heavy atom. The number of nitrogens with one attached hydrogen (secondary N) is 1. The number of hydrogen-bond donors (Lipinski definition) is 2. The van der Waals surface area contributed by atoms with E-state index in [-0.39, 0.29) is 30.7 Å². The Balaban J connectivity index is 0.00000110. The molecule has 1 aliphatic carbocycles. The number of thiazole rings is 1. The van der Waals surface area contributed by atoms with Crippen molar-refractivity contribution in [3.8, 4) is 0 Å². The zero-order chi connectivity index (χ0) is 13.3. The predicted molar refractivity (Wildman–Crippen MR) is 90.5 cm³/mol. The molecule has 0 bridgehead atoms. The molecule has 0 spiro atoms. The number of aromatic nitrogens is 1. The van der Waals surface area contributed by atoms with Crippen molar-refractivity contribution in [2.75, 3.05) is 18.4 Å². The van der Waals surface area contributed by atoms with Crippen LogP contribution in [-0.4, -0.2) is 34.4 Å². The third-order valence-electron chi connectivity index (χ3n) is 3.85. The Bertz CT molecular complexity index is 472. The number of carbonyl (C=O) groups is 1. The molecule has 120 valence electrons. The number of nitrogens with two attached hydrogens (primary N) is 1. The Labute approximate surface area is 141 Å². The summed E-state index contributed by atoms with van der Waals surface area (Å²) in [6, 6.07) is 0. The molecular formula is C13H22Cl2N4OS. The van der Waals surface area contributed by atoms with Gasteiger partial charge in [0, 0.05) is 11.9 Å². The fourth-order valence-electron chi connectivity index (χ4n) is 2.37. The second-order valence-corrected chi connectivity index (χ2v) is 6.45. The minimum Gasteiger partial charge on any atom is -0.317 e. The average Bonchev–Trinajstić information content (AvgIpc) is 3.02. The lowest BCUT2D eigenvalue weighted by atomic mass is 10.1. The molecule has 1 saturated heterocycles. The minimum absolute atomic E-state index is 0. The van der Waals surface area contributed by atoms with E-state index < -0.39 is 5.54 Å². The van der Waals surface area contributed by atoms with Crippen LogP contribution >= 0.6 is 36.2 Å². The van der Waals surface area contributed by atoms with E-state index in [1.54, 1.807) is 0 Å². The van der Waals surface area contributed by atoms with E-state index in [4.69, 9.17) is 5.73 Å². The zero-order valence-corrected chi connectivity index (χ0v) is 14.3. The van der Waals surface area contributed by atoms with Crippen LogP contribution in [-0.2, 0) is 11.3 Å². The predicted octanol–water partition coefficient (Wildman–Crippen LogP) is 2.40. The van der Waals surface area contributed by atoms with Crippen LogP contribution in [0.5, 0.6) is 0 Å². The number of amides is 1. The van der Waals surface area contributed by atoms with Crippen molar-refractivity contribution >= 4 is 47.2 Å².